The van der Waals surface area contributed by atoms with E-state index in [-0.39, 0.29) is 28.6 Å². The van der Waals surface area contributed by atoms with Crippen LogP contribution in [0.1, 0.15) is 29.3 Å². The van der Waals surface area contributed by atoms with Crippen LogP contribution < -0.4 is 0 Å². The Hall–Kier alpha value is -3.86. The summed E-state index contributed by atoms with van der Waals surface area (Å²) < 4.78 is 55.4. The third-order valence-electron chi connectivity index (χ3n) is 5.98. The summed E-state index contributed by atoms with van der Waals surface area (Å²) >= 11 is 0. The van der Waals surface area contributed by atoms with Crippen molar-refractivity contribution in [3.63, 3.8) is 0 Å². The minimum atomic E-state index is -3.97. The Balaban J connectivity index is 1.62. The summed E-state index contributed by atoms with van der Waals surface area (Å²) in [5.41, 5.74) is 3.88. The van der Waals surface area contributed by atoms with Gasteiger partial charge in [0.1, 0.15) is 0 Å². The van der Waals surface area contributed by atoms with E-state index in [4.69, 9.17) is 0 Å². The zero-order chi connectivity index (χ0) is 28.0. The van der Waals surface area contributed by atoms with Crippen molar-refractivity contribution < 1.29 is 16.8 Å². The molecular weight excluding hydrogens is 532 g/mol. The van der Waals surface area contributed by atoms with Gasteiger partial charge in [0.2, 0.25) is 10.0 Å². The van der Waals surface area contributed by atoms with Crippen LogP contribution in [-0.4, -0.2) is 42.1 Å². The lowest BCUT2D eigenvalue weighted by Crippen LogP contribution is -2.32. The second-order valence-corrected chi connectivity index (χ2v) is 13.0. The van der Waals surface area contributed by atoms with Crippen LogP contribution in [-0.2, 0) is 26.6 Å². The number of hydrogen-bond acceptors (Lipinski definition) is 6. The Morgan fingerprint density at radius 1 is 0.846 bits per heavy atom. The fraction of sp³-hybridized carbons (Fsp3) is 0.172. The van der Waals surface area contributed by atoms with Crippen LogP contribution in [0.3, 0.4) is 0 Å². The van der Waals surface area contributed by atoms with E-state index < -0.39 is 20.0 Å². The molecule has 0 aliphatic heterocycles. The lowest BCUT2D eigenvalue weighted by Gasteiger charge is -2.21. The number of sulfonamides is 1. The van der Waals surface area contributed by atoms with Crippen molar-refractivity contribution in [1.29, 1.82) is 0 Å². The van der Waals surface area contributed by atoms with Crippen molar-refractivity contribution in [2.24, 2.45) is 0 Å². The molecule has 0 amide bonds. The molecule has 0 radical (unpaired) electrons. The average molecular weight is 563 g/mol. The van der Waals surface area contributed by atoms with E-state index in [1.54, 1.807) is 36.4 Å². The lowest BCUT2D eigenvalue weighted by molar-refractivity contribution is 0.426. The second-order valence-electron chi connectivity index (χ2n) is 9.27. The molecular formula is C29H30N4O4S2. The van der Waals surface area contributed by atoms with E-state index in [0.717, 1.165) is 26.4 Å². The summed E-state index contributed by atoms with van der Waals surface area (Å²) in [5.74, 6) is 0. The molecule has 3 aromatic carbocycles. The molecule has 8 nitrogen and oxygen atoms in total. The van der Waals surface area contributed by atoms with Crippen molar-refractivity contribution in [3.05, 3.63) is 125 Å². The highest BCUT2D eigenvalue weighted by Crippen LogP contribution is 2.21. The molecule has 0 fully saturated rings. The minimum Gasteiger partial charge on any atom is -0.207 e. The molecule has 0 aliphatic rings. The summed E-state index contributed by atoms with van der Waals surface area (Å²) in [4.78, 5) is 0.207. The topological polar surface area (TPSA) is 102 Å². The van der Waals surface area contributed by atoms with Crippen LogP contribution in [0.15, 0.2) is 113 Å². The van der Waals surface area contributed by atoms with Crippen molar-refractivity contribution in [2.75, 3.05) is 6.54 Å². The van der Waals surface area contributed by atoms with E-state index in [0.29, 0.717) is 0 Å². The number of hydrogen-bond donors (Lipinski definition) is 0. The van der Waals surface area contributed by atoms with Gasteiger partial charge in [-0.1, -0.05) is 94.7 Å². The molecule has 0 atom stereocenters. The fourth-order valence-electron chi connectivity index (χ4n) is 3.77. The van der Waals surface area contributed by atoms with E-state index in [1.807, 2.05) is 69.3 Å². The number of benzene rings is 3. The first kappa shape index (κ1) is 28.2. The predicted octanol–water partition coefficient (Wildman–Crippen LogP) is 4.98. The van der Waals surface area contributed by atoms with Gasteiger partial charge in [-0.15, -0.1) is 9.19 Å². The molecule has 0 saturated carbocycles. The number of allylic oxidation sites excluding steroid dienone is 2. The standard InChI is InChI=1S/C29H30N4O4S2/c1-23-12-16-28(17-13-23)38(34,35)32(20-25(3)8-7-11-26-9-5-4-6-10-26)21-27-22-33(31-30-27)39(36,37)29-18-14-24(2)15-19-29/h4-19,22H,20-21H2,1-3H3/b11-7+,25-8+. The SMILES string of the molecule is C/C(=C\C=C\c1ccccc1)CN(Cc1cn(S(=O)(=O)c2ccc(C)cc2)nn1)S(=O)(=O)c1ccc(C)cc1. The first-order chi connectivity index (χ1) is 18.6. The molecule has 0 aliphatic carbocycles. The molecule has 0 spiro atoms. The molecule has 202 valence electrons. The highest BCUT2D eigenvalue weighted by atomic mass is 32.2. The second kappa shape index (κ2) is 11.9. The average Bonchev–Trinajstić information content (AvgIpc) is 3.39. The molecule has 4 rings (SSSR count). The maximum atomic E-state index is 13.6. The Bertz CT molecular complexity index is 1690. The summed E-state index contributed by atoms with van der Waals surface area (Å²) in [5, 5.41) is 7.79. The molecule has 1 aromatic heterocycles. The summed E-state index contributed by atoms with van der Waals surface area (Å²) in [6.45, 7) is 5.50. The van der Waals surface area contributed by atoms with Gasteiger partial charge in [0.25, 0.3) is 10.0 Å². The van der Waals surface area contributed by atoms with Gasteiger partial charge in [-0.05, 0) is 50.6 Å². The molecule has 0 bridgehead atoms. The van der Waals surface area contributed by atoms with Gasteiger partial charge in [0, 0.05) is 6.54 Å². The fourth-order valence-corrected chi connectivity index (χ4v) is 6.32. The largest absolute Gasteiger partial charge is 0.284 e. The molecule has 4 aromatic rings. The molecule has 1 heterocycles. The third kappa shape index (κ3) is 6.97. The number of aromatic nitrogens is 3. The molecule has 10 heteroatoms. The van der Waals surface area contributed by atoms with E-state index >= 15 is 0 Å². The van der Waals surface area contributed by atoms with E-state index in [9.17, 15) is 16.8 Å². The van der Waals surface area contributed by atoms with Crippen LogP contribution in [0, 0.1) is 13.8 Å². The van der Waals surface area contributed by atoms with Crippen LogP contribution in [0.25, 0.3) is 6.08 Å². The zero-order valence-electron chi connectivity index (χ0n) is 22.0. The van der Waals surface area contributed by atoms with Crippen LogP contribution in [0.5, 0.6) is 0 Å². The van der Waals surface area contributed by atoms with Crippen LogP contribution in [0.4, 0.5) is 0 Å². The Labute approximate surface area is 230 Å². The number of rotatable bonds is 10. The maximum Gasteiger partial charge on any atom is 0.284 e. The molecule has 39 heavy (non-hydrogen) atoms. The lowest BCUT2D eigenvalue weighted by atomic mass is 10.2. The normalized spacial score (nSPS) is 12.9. The number of aryl methyl sites for hydroxylation is 2. The quantitative estimate of drug-likeness (QED) is 0.253. The van der Waals surface area contributed by atoms with Gasteiger partial charge in [-0.2, -0.15) is 12.7 Å². The van der Waals surface area contributed by atoms with Gasteiger partial charge in [-0.25, -0.2) is 8.42 Å². The Kier molecular flexibility index (Phi) is 8.59. The highest BCUT2D eigenvalue weighted by Gasteiger charge is 2.27. The van der Waals surface area contributed by atoms with Gasteiger partial charge in [-0.3, -0.25) is 0 Å². The van der Waals surface area contributed by atoms with Gasteiger partial charge < -0.3 is 0 Å². The van der Waals surface area contributed by atoms with Gasteiger partial charge in [0.05, 0.1) is 28.2 Å². The Morgan fingerprint density at radius 2 is 1.44 bits per heavy atom. The van der Waals surface area contributed by atoms with Crippen molar-refractivity contribution >= 4 is 26.1 Å². The number of nitrogens with zero attached hydrogens (tertiary/aromatic N) is 4. The first-order valence-electron chi connectivity index (χ1n) is 12.2. The monoisotopic (exact) mass is 562 g/mol. The van der Waals surface area contributed by atoms with Crippen molar-refractivity contribution in [3.8, 4) is 0 Å². The van der Waals surface area contributed by atoms with Crippen molar-refractivity contribution in [2.45, 2.75) is 37.1 Å². The predicted molar refractivity (Wildman–Crippen MR) is 152 cm³/mol. The first-order valence-corrected chi connectivity index (χ1v) is 15.1. The van der Waals surface area contributed by atoms with E-state index in [1.165, 1.54) is 22.6 Å². The molecule has 0 saturated heterocycles. The van der Waals surface area contributed by atoms with E-state index in [2.05, 4.69) is 10.3 Å². The smallest absolute Gasteiger partial charge is 0.207 e. The minimum absolute atomic E-state index is 0.0673. The highest BCUT2D eigenvalue weighted by molar-refractivity contribution is 7.90. The maximum absolute atomic E-state index is 13.6. The van der Waals surface area contributed by atoms with Crippen molar-refractivity contribution in [1.82, 2.24) is 18.7 Å². The summed E-state index contributed by atoms with van der Waals surface area (Å²) in [7, 11) is -7.90. The van der Waals surface area contributed by atoms with Crippen LogP contribution in [0.2, 0.25) is 0 Å². The molecule has 0 unspecified atom stereocenters. The summed E-state index contributed by atoms with van der Waals surface area (Å²) in [6.07, 6.45) is 6.90. The summed E-state index contributed by atoms with van der Waals surface area (Å²) in [6, 6.07) is 22.8. The molecule has 0 N–H and O–H groups in total. The third-order valence-corrected chi connectivity index (χ3v) is 9.32. The zero-order valence-corrected chi connectivity index (χ0v) is 23.6. The van der Waals surface area contributed by atoms with Crippen LogP contribution >= 0.6 is 0 Å². The van der Waals surface area contributed by atoms with Gasteiger partial charge in [0.15, 0.2) is 0 Å². The Morgan fingerprint density at radius 3 is 2.05 bits per heavy atom. The van der Waals surface area contributed by atoms with Gasteiger partial charge >= 0.3 is 0 Å².